The molecule has 0 spiro atoms. The Morgan fingerprint density at radius 1 is 1.05 bits per heavy atom. The Hall–Kier alpha value is -1.78. The molecule has 0 amide bonds. The van der Waals surface area contributed by atoms with Crippen molar-refractivity contribution in [1.82, 2.24) is 0 Å². The van der Waals surface area contributed by atoms with Crippen LogP contribution in [0.5, 0.6) is 0 Å². The molecule has 2 unspecified atom stereocenters. The van der Waals surface area contributed by atoms with Gasteiger partial charge in [-0.3, -0.25) is 0 Å². The number of rotatable bonds is 4. The molecule has 0 heterocycles. The first-order valence-corrected chi connectivity index (χ1v) is 6.84. The van der Waals surface area contributed by atoms with Crippen LogP contribution in [0.4, 0.5) is 8.78 Å². The van der Waals surface area contributed by atoms with Crippen LogP contribution in [-0.2, 0) is 0 Å². The molecule has 2 aromatic rings. The lowest BCUT2D eigenvalue weighted by atomic mass is 9.85. The van der Waals surface area contributed by atoms with E-state index in [2.05, 4.69) is 0 Å². The second-order valence-electron chi connectivity index (χ2n) is 5.30. The molecular weight excluding hydrogens is 272 g/mol. The third-order valence-corrected chi connectivity index (χ3v) is 3.79. The van der Waals surface area contributed by atoms with Crippen molar-refractivity contribution in [3.05, 3.63) is 70.3 Å². The van der Waals surface area contributed by atoms with Gasteiger partial charge in [0.05, 0.1) is 6.10 Å². The average molecular weight is 291 g/mol. The Bertz CT molecular complexity index is 602. The Labute approximate surface area is 123 Å². The second kappa shape index (κ2) is 6.33. The molecule has 2 nitrogen and oxygen atoms in total. The number of halogens is 2. The highest BCUT2D eigenvalue weighted by molar-refractivity contribution is 5.38. The van der Waals surface area contributed by atoms with Crippen molar-refractivity contribution in [2.24, 2.45) is 5.73 Å². The first-order chi connectivity index (χ1) is 9.93. The van der Waals surface area contributed by atoms with Crippen LogP contribution in [0, 0.1) is 25.5 Å². The topological polar surface area (TPSA) is 46.2 Å². The molecule has 3 N–H and O–H groups in total. The number of hydrogen-bond acceptors (Lipinski definition) is 2. The molecule has 2 aromatic carbocycles. The molecule has 0 aliphatic carbocycles. The summed E-state index contributed by atoms with van der Waals surface area (Å²) in [7, 11) is 0. The molecule has 2 rings (SSSR count). The zero-order chi connectivity index (χ0) is 15.6. The van der Waals surface area contributed by atoms with E-state index in [1.54, 1.807) is 0 Å². The third-order valence-electron chi connectivity index (χ3n) is 3.79. The SMILES string of the molecule is Cc1cccc(C)c1C(O)C(CN)c1cc(F)cc(F)c1. The lowest BCUT2D eigenvalue weighted by Crippen LogP contribution is -2.21. The van der Waals surface area contributed by atoms with E-state index < -0.39 is 23.7 Å². The minimum Gasteiger partial charge on any atom is -0.388 e. The number of aliphatic hydroxyl groups is 1. The van der Waals surface area contributed by atoms with Gasteiger partial charge >= 0.3 is 0 Å². The average Bonchev–Trinajstić information content (AvgIpc) is 2.38. The van der Waals surface area contributed by atoms with Crippen LogP contribution in [0.1, 0.15) is 34.3 Å². The minimum atomic E-state index is -0.905. The quantitative estimate of drug-likeness (QED) is 0.907. The molecule has 0 saturated heterocycles. The lowest BCUT2D eigenvalue weighted by Gasteiger charge is -2.25. The summed E-state index contributed by atoms with van der Waals surface area (Å²) in [5, 5.41) is 10.7. The van der Waals surface area contributed by atoms with Crippen molar-refractivity contribution < 1.29 is 13.9 Å². The van der Waals surface area contributed by atoms with E-state index >= 15 is 0 Å². The molecule has 0 fully saturated rings. The van der Waals surface area contributed by atoms with Crippen LogP contribution in [0.25, 0.3) is 0 Å². The maximum atomic E-state index is 13.4. The van der Waals surface area contributed by atoms with E-state index in [4.69, 9.17) is 5.73 Å². The van der Waals surface area contributed by atoms with Crippen LogP contribution in [-0.4, -0.2) is 11.7 Å². The van der Waals surface area contributed by atoms with Crippen molar-refractivity contribution in [2.45, 2.75) is 25.9 Å². The third kappa shape index (κ3) is 3.28. The van der Waals surface area contributed by atoms with Gasteiger partial charge in [0.1, 0.15) is 11.6 Å². The van der Waals surface area contributed by atoms with E-state index in [1.807, 2.05) is 32.0 Å². The molecule has 0 aliphatic heterocycles. The van der Waals surface area contributed by atoms with E-state index in [1.165, 1.54) is 12.1 Å². The summed E-state index contributed by atoms with van der Waals surface area (Å²) < 4.78 is 26.8. The maximum absolute atomic E-state index is 13.4. The molecule has 0 saturated carbocycles. The molecule has 0 bridgehead atoms. The summed E-state index contributed by atoms with van der Waals surface area (Å²) in [4.78, 5) is 0. The van der Waals surface area contributed by atoms with Crippen molar-refractivity contribution in [3.63, 3.8) is 0 Å². The van der Waals surface area contributed by atoms with Gasteiger partial charge in [-0.2, -0.15) is 0 Å². The zero-order valence-corrected chi connectivity index (χ0v) is 12.1. The monoisotopic (exact) mass is 291 g/mol. The van der Waals surface area contributed by atoms with Gasteiger partial charge in [-0.1, -0.05) is 18.2 Å². The van der Waals surface area contributed by atoms with E-state index in [0.717, 1.165) is 22.8 Å². The predicted molar refractivity (Wildman–Crippen MR) is 79.0 cm³/mol. The summed E-state index contributed by atoms with van der Waals surface area (Å²) in [6.07, 6.45) is -0.905. The predicted octanol–water partition coefficient (Wildman–Crippen LogP) is 3.36. The lowest BCUT2D eigenvalue weighted by molar-refractivity contribution is 0.146. The van der Waals surface area contributed by atoms with Crippen molar-refractivity contribution in [1.29, 1.82) is 0 Å². The van der Waals surface area contributed by atoms with Crippen LogP contribution >= 0.6 is 0 Å². The molecule has 112 valence electrons. The second-order valence-corrected chi connectivity index (χ2v) is 5.30. The Balaban J connectivity index is 2.45. The van der Waals surface area contributed by atoms with Crippen LogP contribution in [0.3, 0.4) is 0 Å². The van der Waals surface area contributed by atoms with Crippen molar-refractivity contribution >= 4 is 0 Å². The smallest absolute Gasteiger partial charge is 0.126 e. The standard InChI is InChI=1S/C17H19F2NO/c1-10-4-3-5-11(2)16(10)17(21)15(9-20)12-6-13(18)8-14(19)7-12/h3-8,15,17,21H,9,20H2,1-2H3. The zero-order valence-electron chi connectivity index (χ0n) is 12.1. The molecule has 0 aliphatic rings. The van der Waals surface area contributed by atoms with E-state index in [0.29, 0.717) is 5.56 Å². The summed E-state index contributed by atoms with van der Waals surface area (Å²) in [5.41, 5.74) is 8.72. The molecular formula is C17H19F2NO. The largest absolute Gasteiger partial charge is 0.388 e. The minimum absolute atomic E-state index is 0.0951. The molecule has 4 heteroatoms. The van der Waals surface area contributed by atoms with Gasteiger partial charge in [0.2, 0.25) is 0 Å². The number of nitrogens with two attached hydrogens (primary N) is 1. The first kappa shape index (κ1) is 15.6. The maximum Gasteiger partial charge on any atom is 0.126 e. The van der Waals surface area contributed by atoms with E-state index in [-0.39, 0.29) is 6.54 Å². The summed E-state index contributed by atoms with van der Waals surface area (Å²) >= 11 is 0. The molecule has 0 aromatic heterocycles. The number of aliphatic hydroxyl groups excluding tert-OH is 1. The highest BCUT2D eigenvalue weighted by Gasteiger charge is 2.25. The van der Waals surface area contributed by atoms with Crippen molar-refractivity contribution in [3.8, 4) is 0 Å². The Morgan fingerprint density at radius 2 is 1.57 bits per heavy atom. The first-order valence-electron chi connectivity index (χ1n) is 6.84. The fourth-order valence-corrected chi connectivity index (χ4v) is 2.73. The Morgan fingerprint density at radius 3 is 2.05 bits per heavy atom. The van der Waals surface area contributed by atoms with Crippen LogP contribution in [0.15, 0.2) is 36.4 Å². The van der Waals surface area contributed by atoms with Gasteiger partial charge in [-0.05, 0) is 48.2 Å². The van der Waals surface area contributed by atoms with Crippen LogP contribution < -0.4 is 5.73 Å². The molecule has 0 radical (unpaired) electrons. The van der Waals surface area contributed by atoms with Crippen molar-refractivity contribution in [2.75, 3.05) is 6.54 Å². The molecule has 2 atom stereocenters. The summed E-state index contributed by atoms with van der Waals surface area (Å²) in [6.45, 7) is 3.88. The van der Waals surface area contributed by atoms with Gasteiger partial charge in [-0.15, -0.1) is 0 Å². The van der Waals surface area contributed by atoms with Gasteiger partial charge in [0.25, 0.3) is 0 Å². The van der Waals surface area contributed by atoms with E-state index in [9.17, 15) is 13.9 Å². The Kier molecular flexibility index (Phi) is 4.70. The summed E-state index contributed by atoms with van der Waals surface area (Å²) in [6, 6.07) is 8.94. The van der Waals surface area contributed by atoms with Crippen LogP contribution in [0.2, 0.25) is 0 Å². The number of aryl methyl sites for hydroxylation is 2. The van der Waals surface area contributed by atoms with Gasteiger partial charge in [0.15, 0.2) is 0 Å². The summed E-state index contributed by atoms with van der Waals surface area (Å²) in [5.74, 6) is -1.90. The fourth-order valence-electron chi connectivity index (χ4n) is 2.73. The normalized spacial score (nSPS) is 14.0. The highest BCUT2D eigenvalue weighted by atomic mass is 19.1. The van der Waals surface area contributed by atoms with Gasteiger partial charge in [0, 0.05) is 18.5 Å². The highest BCUT2D eigenvalue weighted by Crippen LogP contribution is 2.34. The van der Waals surface area contributed by atoms with Gasteiger partial charge in [-0.25, -0.2) is 8.78 Å². The van der Waals surface area contributed by atoms with Gasteiger partial charge < -0.3 is 10.8 Å². The number of hydrogen-bond donors (Lipinski definition) is 2. The number of benzene rings is 2. The molecule has 21 heavy (non-hydrogen) atoms. The fraction of sp³-hybridized carbons (Fsp3) is 0.294.